The smallest absolute Gasteiger partial charge is 0.0720 e. The average molecular weight is 192 g/mol. The summed E-state index contributed by atoms with van der Waals surface area (Å²) in [5.74, 6) is -2.76. The first kappa shape index (κ1) is 10.2. The van der Waals surface area contributed by atoms with E-state index in [9.17, 15) is 19.8 Å². The highest BCUT2D eigenvalue weighted by atomic mass is 16.4. The minimum atomic E-state index is -1.38. The Bertz CT molecular complexity index is 407. The second-order valence-electron chi connectivity index (χ2n) is 3.00. The molecule has 0 amide bonds. The Hall–Kier alpha value is -1.84. The van der Waals surface area contributed by atoms with Crippen molar-refractivity contribution in [2.24, 2.45) is 0 Å². The fourth-order valence-corrected chi connectivity index (χ4v) is 1.38. The first-order valence-electron chi connectivity index (χ1n) is 3.98. The molecule has 0 aliphatic heterocycles. The van der Waals surface area contributed by atoms with Gasteiger partial charge in [0.2, 0.25) is 0 Å². The van der Waals surface area contributed by atoms with E-state index >= 15 is 0 Å². The van der Waals surface area contributed by atoms with Crippen LogP contribution in [0.1, 0.15) is 31.8 Å². The van der Waals surface area contributed by atoms with Gasteiger partial charge < -0.3 is 19.8 Å². The van der Waals surface area contributed by atoms with Gasteiger partial charge in [-0.15, -0.1) is 0 Å². The molecule has 0 radical (unpaired) electrons. The second kappa shape index (κ2) is 3.49. The molecule has 14 heavy (non-hydrogen) atoms. The first-order valence-corrected chi connectivity index (χ1v) is 3.98. The zero-order chi connectivity index (χ0) is 10.9. The monoisotopic (exact) mass is 192 g/mol. The summed E-state index contributed by atoms with van der Waals surface area (Å²) >= 11 is 0. The maximum absolute atomic E-state index is 10.7. The van der Waals surface area contributed by atoms with Gasteiger partial charge in [-0.3, -0.25) is 0 Å². The Balaban J connectivity index is 3.49. The first-order chi connectivity index (χ1) is 6.45. The molecule has 4 heteroatoms. The van der Waals surface area contributed by atoms with E-state index in [2.05, 4.69) is 0 Å². The number of rotatable bonds is 2. The number of carboxylic acids is 2. The van der Waals surface area contributed by atoms with E-state index < -0.39 is 11.9 Å². The number of benzene rings is 1. The van der Waals surface area contributed by atoms with Gasteiger partial charge in [-0.1, -0.05) is 12.1 Å². The van der Waals surface area contributed by atoms with Crippen LogP contribution >= 0.6 is 0 Å². The molecule has 0 saturated heterocycles. The summed E-state index contributed by atoms with van der Waals surface area (Å²) in [6.07, 6.45) is 0. The van der Waals surface area contributed by atoms with Gasteiger partial charge in [0, 0.05) is 11.1 Å². The molecule has 0 heterocycles. The van der Waals surface area contributed by atoms with Crippen molar-refractivity contribution in [1.29, 1.82) is 0 Å². The third-order valence-corrected chi connectivity index (χ3v) is 2.10. The fraction of sp³-hybridized carbons (Fsp3) is 0.200. The Kier molecular flexibility index (Phi) is 2.56. The van der Waals surface area contributed by atoms with Crippen molar-refractivity contribution in [2.75, 3.05) is 0 Å². The summed E-state index contributed by atoms with van der Waals surface area (Å²) < 4.78 is 0. The molecule has 0 saturated carbocycles. The molecule has 0 unspecified atom stereocenters. The van der Waals surface area contributed by atoms with Gasteiger partial charge in [0.05, 0.1) is 11.9 Å². The minimum absolute atomic E-state index is 0.0771. The highest BCUT2D eigenvalue weighted by Crippen LogP contribution is 2.16. The lowest BCUT2D eigenvalue weighted by Gasteiger charge is -2.15. The molecule has 1 aromatic carbocycles. The lowest BCUT2D eigenvalue weighted by molar-refractivity contribution is -0.255. The predicted molar refractivity (Wildman–Crippen MR) is 44.6 cm³/mol. The largest absolute Gasteiger partial charge is 0.545 e. The molecule has 0 atom stereocenters. The highest BCUT2D eigenvalue weighted by molar-refractivity contribution is 5.95. The van der Waals surface area contributed by atoms with Crippen LogP contribution in [0.5, 0.6) is 0 Å². The van der Waals surface area contributed by atoms with Crippen LogP contribution in [-0.2, 0) is 0 Å². The fourth-order valence-electron chi connectivity index (χ4n) is 1.38. The number of carbonyl (C=O) groups excluding carboxylic acids is 2. The summed E-state index contributed by atoms with van der Waals surface area (Å²) in [6.45, 7) is 3.00. The zero-order valence-corrected chi connectivity index (χ0v) is 7.79. The number of aryl methyl sites for hydroxylation is 1. The molecular formula is C10H8O4-2. The maximum atomic E-state index is 10.7. The van der Waals surface area contributed by atoms with Crippen LogP contribution in [0.25, 0.3) is 0 Å². The summed E-state index contributed by atoms with van der Waals surface area (Å²) in [5, 5.41) is 21.3. The summed E-state index contributed by atoms with van der Waals surface area (Å²) in [4.78, 5) is 21.3. The molecule has 0 spiro atoms. The molecule has 1 aromatic rings. The number of carbonyl (C=O) groups is 2. The van der Waals surface area contributed by atoms with Gasteiger partial charge in [-0.2, -0.15) is 0 Å². The minimum Gasteiger partial charge on any atom is -0.545 e. The van der Waals surface area contributed by atoms with Gasteiger partial charge in [-0.05, 0) is 25.0 Å². The third kappa shape index (κ3) is 1.59. The zero-order valence-electron chi connectivity index (χ0n) is 7.79. The van der Waals surface area contributed by atoms with Gasteiger partial charge in [0.25, 0.3) is 0 Å². The van der Waals surface area contributed by atoms with E-state index in [1.54, 1.807) is 6.92 Å². The number of hydrogen-bond acceptors (Lipinski definition) is 4. The van der Waals surface area contributed by atoms with Crippen LogP contribution in [0.3, 0.4) is 0 Å². The van der Waals surface area contributed by atoms with Crippen molar-refractivity contribution in [1.82, 2.24) is 0 Å². The van der Waals surface area contributed by atoms with E-state index in [1.807, 2.05) is 0 Å². The average Bonchev–Trinajstić information content (AvgIpc) is 2.02. The van der Waals surface area contributed by atoms with Crippen LogP contribution in [0, 0.1) is 13.8 Å². The van der Waals surface area contributed by atoms with Crippen molar-refractivity contribution >= 4 is 11.9 Å². The quantitative estimate of drug-likeness (QED) is 0.603. The van der Waals surface area contributed by atoms with Gasteiger partial charge in [0.15, 0.2) is 0 Å². The van der Waals surface area contributed by atoms with E-state index in [0.717, 1.165) is 0 Å². The van der Waals surface area contributed by atoms with Crippen LogP contribution in [0.15, 0.2) is 12.1 Å². The Morgan fingerprint density at radius 1 is 1.07 bits per heavy atom. The lowest BCUT2D eigenvalue weighted by Crippen LogP contribution is -2.28. The third-order valence-electron chi connectivity index (χ3n) is 2.10. The summed E-state index contributed by atoms with van der Waals surface area (Å²) in [7, 11) is 0. The molecule has 0 aromatic heterocycles. The molecule has 74 valence electrons. The normalized spacial score (nSPS) is 9.86. The van der Waals surface area contributed by atoms with E-state index in [4.69, 9.17) is 0 Å². The molecule has 0 bridgehead atoms. The van der Waals surface area contributed by atoms with Gasteiger partial charge in [0.1, 0.15) is 0 Å². The summed E-state index contributed by atoms with van der Waals surface area (Å²) in [5.41, 5.74) is 0.457. The lowest BCUT2D eigenvalue weighted by atomic mass is 9.98. The van der Waals surface area contributed by atoms with Gasteiger partial charge >= 0.3 is 0 Å². The molecule has 0 fully saturated rings. The van der Waals surface area contributed by atoms with Crippen LogP contribution in [0.2, 0.25) is 0 Å². The molecule has 1 rings (SSSR count). The van der Waals surface area contributed by atoms with Crippen LogP contribution in [-0.4, -0.2) is 11.9 Å². The number of carboxylic acid groups (broad SMARTS) is 2. The molecule has 0 aliphatic carbocycles. The Morgan fingerprint density at radius 3 is 2.07 bits per heavy atom. The molecule has 4 nitrogen and oxygen atoms in total. The predicted octanol–water partition coefficient (Wildman–Crippen LogP) is -0.970. The topological polar surface area (TPSA) is 80.3 Å². The van der Waals surface area contributed by atoms with Crippen LogP contribution < -0.4 is 10.2 Å². The van der Waals surface area contributed by atoms with Crippen molar-refractivity contribution in [3.05, 3.63) is 34.4 Å². The molecule has 0 aliphatic rings. The van der Waals surface area contributed by atoms with Gasteiger partial charge in [-0.25, -0.2) is 0 Å². The summed E-state index contributed by atoms with van der Waals surface area (Å²) in [6, 6.07) is 2.75. The Morgan fingerprint density at radius 2 is 1.64 bits per heavy atom. The van der Waals surface area contributed by atoms with E-state index in [0.29, 0.717) is 5.56 Å². The van der Waals surface area contributed by atoms with Crippen molar-refractivity contribution in [3.8, 4) is 0 Å². The van der Waals surface area contributed by atoms with E-state index in [1.165, 1.54) is 19.1 Å². The molecular weight excluding hydrogens is 184 g/mol. The second-order valence-corrected chi connectivity index (χ2v) is 3.00. The van der Waals surface area contributed by atoms with Crippen molar-refractivity contribution in [2.45, 2.75) is 13.8 Å². The molecule has 0 N–H and O–H groups in total. The SMILES string of the molecule is Cc1ccc(C(=O)[O-])c(C)c1C(=O)[O-]. The van der Waals surface area contributed by atoms with E-state index in [-0.39, 0.29) is 16.7 Å². The standard InChI is InChI=1S/C10H10O4/c1-5-3-4-7(9(11)12)6(2)8(5)10(13)14/h3-4H,1-2H3,(H,11,12)(H,13,14)/p-2. The van der Waals surface area contributed by atoms with Crippen LogP contribution in [0.4, 0.5) is 0 Å². The van der Waals surface area contributed by atoms with Crippen molar-refractivity contribution < 1.29 is 19.8 Å². The Labute approximate surface area is 80.8 Å². The number of aromatic carboxylic acids is 2. The highest BCUT2D eigenvalue weighted by Gasteiger charge is 2.08. The number of hydrogen-bond donors (Lipinski definition) is 0. The maximum Gasteiger partial charge on any atom is 0.0720 e. The van der Waals surface area contributed by atoms with Crippen molar-refractivity contribution in [3.63, 3.8) is 0 Å².